The van der Waals surface area contributed by atoms with Crippen molar-refractivity contribution in [1.29, 1.82) is 0 Å². The van der Waals surface area contributed by atoms with E-state index in [4.69, 9.17) is 4.74 Å². The number of para-hydroxylation sites is 2. The van der Waals surface area contributed by atoms with E-state index >= 15 is 0 Å². The SMILES string of the molecule is O=C(/C=C(\Oc1ccccc1)c1ccccc1)c1ccccc1O. The van der Waals surface area contributed by atoms with Crippen LogP contribution in [0, 0.1) is 0 Å². The molecule has 0 unspecified atom stereocenters. The van der Waals surface area contributed by atoms with Crippen molar-refractivity contribution in [2.45, 2.75) is 0 Å². The maximum atomic E-state index is 12.5. The number of carbonyl (C=O) groups excluding carboxylic acids is 1. The number of carbonyl (C=O) groups is 1. The molecule has 0 aliphatic heterocycles. The Labute approximate surface area is 140 Å². The van der Waals surface area contributed by atoms with E-state index in [0.29, 0.717) is 11.5 Å². The molecule has 0 bridgehead atoms. The van der Waals surface area contributed by atoms with Crippen molar-refractivity contribution in [3.05, 3.63) is 102 Å². The lowest BCUT2D eigenvalue weighted by atomic mass is 10.1. The second-order valence-corrected chi connectivity index (χ2v) is 5.17. The van der Waals surface area contributed by atoms with E-state index in [-0.39, 0.29) is 17.1 Å². The highest BCUT2D eigenvalue weighted by Crippen LogP contribution is 2.23. The van der Waals surface area contributed by atoms with Crippen LogP contribution in [0.4, 0.5) is 0 Å². The van der Waals surface area contributed by atoms with Gasteiger partial charge in [-0.05, 0) is 24.3 Å². The molecule has 118 valence electrons. The van der Waals surface area contributed by atoms with Crippen molar-refractivity contribution in [2.24, 2.45) is 0 Å². The van der Waals surface area contributed by atoms with Gasteiger partial charge < -0.3 is 9.84 Å². The fourth-order valence-electron chi connectivity index (χ4n) is 2.27. The number of benzene rings is 3. The summed E-state index contributed by atoms with van der Waals surface area (Å²) in [5.41, 5.74) is 1.02. The third-order valence-electron chi connectivity index (χ3n) is 3.46. The number of rotatable bonds is 5. The van der Waals surface area contributed by atoms with E-state index in [0.717, 1.165) is 5.56 Å². The number of allylic oxidation sites excluding steroid dienone is 1. The number of phenols is 1. The maximum absolute atomic E-state index is 12.5. The minimum atomic E-state index is -0.317. The second kappa shape index (κ2) is 7.29. The van der Waals surface area contributed by atoms with Gasteiger partial charge in [0, 0.05) is 11.6 Å². The highest BCUT2D eigenvalue weighted by Gasteiger charge is 2.12. The van der Waals surface area contributed by atoms with Gasteiger partial charge in [-0.15, -0.1) is 0 Å². The van der Waals surface area contributed by atoms with E-state index in [2.05, 4.69) is 0 Å². The Morgan fingerprint density at radius 3 is 2.04 bits per heavy atom. The van der Waals surface area contributed by atoms with Gasteiger partial charge in [-0.25, -0.2) is 0 Å². The molecule has 0 aliphatic rings. The molecule has 0 aromatic heterocycles. The van der Waals surface area contributed by atoms with Crippen molar-refractivity contribution in [1.82, 2.24) is 0 Å². The summed E-state index contributed by atoms with van der Waals surface area (Å²) in [6, 6.07) is 25.1. The van der Waals surface area contributed by atoms with Crippen LogP contribution >= 0.6 is 0 Å². The maximum Gasteiger partial charge on any atom is 0.193 e. The lowest BCUT2D eigenvalue weighted by Gasteiger charge is -2.10. The van der Waals surface area contributed by atoms with E-state index in [1.165, 1.54) is 12.1 Å². The van der Waals surface area contributed by atoms with Crippen LogP contribution in [0.3, 0.4) is 0 Å². The topological polar surface area (TPSA) is 46.5 Å². The molecule has 24 heavy (non-hydrogen) atoms. The van der Waals surface area contributed by atoms with Gasteiger partial charge in [0.05, 0.1) is 5.56 Å². The van der Waals surface area contributed by atoms with Gasteiger partial charge in [0.1, 0.15) is 17.3 Å². The first-order valence-electron chi connectivity index (χ1n) is 7.56. The fourth-order valence-corrected chi connectivity index (χ4v) is 2.27. The smallest absolute Gasteiger partial charge is 0.193 e. The molecule has 0 amide bonds. The Bertz CT molecular complexity index is 853. The van der Waals surface area contributed by atoms with Gasteiger partial charge in [0.25, 0.3) is 0 Å². The van der Waals surface area contributed by atoms with E-state index in [9.17, 15) is 9.90 Å². The first kappa shape index (κ1) is 15.6. The molecule has 3 nitrogen and oxygen atoms in total. The van der Waals surface area contributed by atoms with Gasteiger partial charge in [0.15, 0.2) is 5.78 Å². The third kappa shape index (κ3) is 3.70. The molecular weight excluding hydrogens is 300 g/mol. The Balaban J connectivity index is 1.98. The van der Waals surface area contributed by atoms with Crippen LogP contribution in [-0.4, -0.2) is 10.9 Å². The van der Waals surface area contributed by atoms with Gasteiger partial charge in [0.2, 0.25) is 0 Å². The molecule has 0 saturated heterocycles. The summed E-state index contributed by atoms with van der Waals surface area (Å²) in [5.74, 6) is 0.696. The molecule has 0 radical (unpaired) electrons. The lowest BCUT2D eigenvalue weighted by Crippen LogP contribution is -2.01. The number of ketones is 1. The van der Waals surface area contributed by atoms with E-state index in [1.54, 1.807) is 18.2 Å². The van der Waals surface area contributed by atoms with Crippen LogP contribution in [0.5, 0.6) is 11.5 Å². The highest BCUT2D eigenvalue weighted by molar-refractivity contribution is 6.09. The summed E-state index contributed by atoms with van der Waals surface area (Å²) in [6.07, 6.45) is 1.40. The van der Waals surface area contributed by atoms with E-state index in [1.807, 2.05) is 60.7 Å². The number of aromatic hydroxyl groups is 1. The molecule has 0 heterocycles. The van der Waals surface area contributed by atoms with Gasteiger partial charge >= 0.3 is 0 Å². The molecule has 0 saturated carbocycles. The van der Waals surface area contributed by atoms with Crippen molar-refractivity contribution >= 4 is 11.5 Å². The largest absolute Gasteiger partial charge is 0.507 e. The van der Waals surface area contributed by atoms with Crippen molar-refractivity contribution in [2.75, 3.05) is 0 Å². The zero-order chi connectivity index (χ0) is 16.8. The van der Waals surface area contributed by atoms with Crippen LogP contribution in [0.15, 0.2) is 91.0 Å². The van der Waals surface area contributed by atoms with Crippen molar-refractivity contribution in [3.63, 3.8) is 0 Å². The Morgan fingerprint density at radius 1 is 0.792 bits per heavy atom. The molecule has 0 atom stereocenters. The average Bonchev–Trinajstić information content (AvgIpc) is 2.63. The Hall–Kier alpha value is -3.33. The normalized spacial score (nSPS) is 11.1. The first-order valence-corrected chi connectivity index (χ1v) is 7.56. The molecular formula is C21H16O3. The summed E-state index contributed by atoms with van der Waals surface area (Å²) in [7, 11) is 0. The number of hydrogen-bond donors (Lipinski definition) is 1. The standard InChI is InChI=1S/C21H16O3/c22-19-14-8-7-13-18(19)20(23)15-21(16-9-3-1-4-10-16)24-17-11-5-2-6-12-17/h1-15,22H/b21-15-. The van der Waals surface area contributed by atoms with Crippen LogP contribution in [-0.2, 0) is 0 Å². The molecule has 3 heteroatoms. The summed E-state index contributed by atoms with van der Waals surface area (Å²) in [5, 5.41) is 9.86. The summed E-state index contributed by atoms with van der Waals surface area (Å²) < 4.78 is 5.89. The monoisotopic (exact) mass is 316 g/mol. The van der Waals surface area contributed by atoms with Gasteiger partial charge in [-0.1, -0.05) is 60.7 Å². The zero-order valence-electron chi connectivity index (χ0n) is 12.9. The number of ether oxygens (including phenoxy) is 1. The average molecular weight is 316 g/mol. The minimum Gasteiger partial charge on any atom is -0.507 e. The quantitative estimate of drug-likeness (QED) is 0.422. The summed E-state index contributed by atoms with van der Waals surface area (Å²) in [6.45, 7) is 0. The van der Waals surface area contributed by atoms with Crippen LogP contribution in [0.2, 0.25) is 0 Å². The van der Waals surface area contributed by atoms with Crippen LogP contribution in [0.25, 0.3) is 5.76 Å². The van der Waals surface area contributed by atoms with Gasteiger partial charge in [-0.2, -0.15) is 0 Å². The van der Waals surface area contributed by atoms with Crippen molar-refractivity contribution < 1.29 is 14.6 Å². The molecule has 3 aromatic carbocycles. The van der Waals surface area contributed by atoms with Crippen molar-refractivity contribution in [3.8, 4) is 11.5 Å². The molecule has 0 spiro atoms. The lowest BCUT2D eigenvalue weighted by molar-refractivity contribution is 0.104. The molecule has 0 aliphatic carbocycles. The number of phenolic OH excluding ortho intramolecular Hbond substituents is 1. The summed E-state index contributed by atoms with van der Waals surface area (Å²) in [4.78, 5) is 12.5. The van der Waals surface area contributed by atoms with Crippen LogP contribution in [0.1, 0.15) is 15.9 Å². The molecule has 3 rings (SSSR count). The Morgan fingerprint density at radius 2 is 1.38 bits per heavy atom. The van der Waals surface area contributed by atoms with Gasteiger partial charge in [-0.3, -0.25) is 4.79 Å². The van der Waals surface area contributed by atoms with Crippen LogP contribution < -0.4 is 4.74 Å². The molecule has 0 fully saturated rings. The predicted octanol–water partition coefficient (Wildman–Crippen LogP) is 4.70. The minimum absolute atomic E-state index is 0.0501. The third-order valence-corrected chi connectivity index (χ3v) is 3.46. The van der Waals surface area contributed by atoms with E-state index < -0.39 is 0 Å². The fraction of sp³-hybridized carbons (Fsp3) is 0. The predicted molar refractivity (Wildman–Crippen MR) is 93.9 cm³/mol. The summed E-state index contributed by atoms with van der Waals surface area (Å²) >= 11 is 0. The molecule has 3 aromatic rings. The zero-order valence-corrected chi connectivity index (χ0v) is 12.9. The first-order chi connectivity index (χ1) is 11.7. The number of hydrogen-bond acceptors (Lipinski definition) is 3. The molecule has 1 N–H and O–H groups in total. The Kier molecular flexibility index (Phi) is 4.73. The second-order valence-electron chi connectivity index (χ2n) is 5.17. The highest BCUT2D eigenvalue weighted by atomic mass is 16.5.